The molecule has 1 saturated heterocycles. The van der Waals surface area contributed by atoms with Gasteiger partial charge in [-0.05, 0) is 77.0 Å². The predicted molar refractivity (Wildman–Crippen MR) is 230 cm³/mol. The van der Waals surface area contributed by atoms with Crippen LogP contribution in [-0.2, 0) is 38.3 Å². The van der Waals surface area contributed by atoms with Crippen molar-refractivity contribution in [2.45, 2.75) is 205 Å². The second-order valence-corrected chi connectivity index (χ2v) is 16.3. The van der Waals surface area contributed by atoms with Crippen molar-refractivity contribution >= 4 is 16.4 Å². The third-order valence-corrected chi connectivity index (χ3v) is 10.4. The average molecular weight is 845 g/mol. The van der Waals surface area contributed by atoms with Crippen LogP contribution < -0.4 is 0 Å². The summed E-state index contributed by atoms with van der Waals surface area (Å²) in [4.78, 5) is 12.8. The molecule has 6 unspecified atom stereocenters. The molecule has 338 valence electrons. The molecule has 6 atom stereocenters. The van der Waals surface area contributed by atoms with Gasteiger partial charge in [0.2, 0.25) is 0 Å². The van der Waals surface area contributed by atoms with Crippen LogP contribution in [0.3, 0.4) is 0 Å². The standard InChI is InChI=1S/C45H80O12S/c1-3-5-7-9-11-13-15-17-19-21-23-25-27-29-31-33-35-53-37-39(38-54-45-43(49)44(57-58(50,51)52)42(48)40(36-46)56-45)55-41(47)34-32-30-28-26-24-22-20-18-16-14-12-10-8-6-4-2/h11-14,17-20,39-40,42-46,48-49H,3-10,15-16,21-38H2,1-2H3,(H,50,51,52)/b13-11-,14-12-,19-17-,20-18-. The topological polar surface area (TPSA) is 178 Å². The van der Waals surface area contributed by atoms with Crippen LogP contribution >= 0.6 is 0 Å². The van der Waals surface area contributed by atoms with Gasteiger partial charge in [0.25, 0.3) is 0 Å². The minimum Gasteiger partial charge on any atom is -0.457 e. The Bertz CT molecular complexity index is 1200. The molecule has 0 aliphatic carbocycles. The predicted octanol–water partition coefficient (Wildman–Crippen LogP) is 9.19. The molecule has 1 heterocycles. The molecular formula is C45H80O12S. The van der Waals surface area contributed by atoms with Crippen LogP contribution in [0.1, 0.15) is 168 Å². The lowest BCUT2D eigenvalue weighted by molar-refractivity contribution is -0.301. The van der Waals surface area contributed by atoms with E-state index < -0.39 is 59.8 Å². The van der Waals surface area contributed by atoms with E-state index in [1.54, 1.807) is 0 Å². The largest absolute Gasteiger partial charge is 0.457 e. The smallest absolute Gasteiger partial charge is 0.397 e. The van der Waals surface area contributed by atoms with Crippen molar-refractivity contribution < 1.29 is 56.2 Å². The molecule has 0 saturated carbocycles. The van der Waals surface area contributed by atoms with Crippen LogP contribution in [-0.4, -0.2) is 97.5 Å². The highest BCUT2D eigenvalue weighted by Gasteiger charge is 2.48. The van der Waals surface area contributed by atoms with Gasteiger partial charge in [0, 0.05) is 13.0 Å². The summed E-state index contributed by atoms with van der Waals surface area (Å²) in [6, 6.07) is 0. The Hall–Kier alpha value is -1.94. The first kappa shape index (κ1) is 54.1. The summed E-state index contributed by atoms with van der Waals surface area (Å²) in [6.45, 7) is 3.88. The van der Waals surface area contributed by atoms with E-state index in [0.717, 1.165) is 83.5 Å². The highest BCUT2D eigenvalue weighted by Crippen LogP contribution is 2.26. The lowest BCUT2D eigenvalue weighted by Crippen LogP contribution is -2.60. The molecular weight excluding hydrogens is 765 g/mol. The molecule has 0 aromatic carbocycles. The summed E-state index contributed by atoms with van der Waals surface area (Å²) in [5, 5.41) is 30.6. The molecule has 1 fully saturated rings. The van der Waals surface area contributed by atoms with Crippen LogP contribution in [0.25, 0.3) is 0 Å². The zero-order valence-corrected chi connectivity index (χ0v) is 36.7. The Balaban J connectivity index is 2.46. The molecule has 0 aromatic rings. The second-order valence-electron chi connectivity index (χ2n) is 15.3. The minimum atomic E-state index is -5.07. The molecule has 0 bridgehead atoms. The van der Waals surface area contributed by atoms with Gasteiger partial charge in [-0.3, -0.25) is 9.35 Å². The van der Waals surface area contributed by atoms with Crippen molar-refractivity contribution in [1.82, 2.24) is 0 Å². The van der Waals surface area contributed by atoms with Crippen molar-refractivity contribution in [2.75, 3.05) is 26.4 Å². The molecule has 13 heteroatoms. The first-order valence-electron chi connectivity index (χ1n) is 22.4. The van der Waals surface area contributed by atoms with E-state index in [2.05, 4.69) is 66.6 Å². The molecule has 58 heavy (non-hydrogen) atoms. The Morgan fingerprint density at radius 2 is 1.14 bits per heavy atom. The first-order chi connectivity index (χ1) is 28.1. The molecule has 1 aliphatic heterocycles. The van der Waals surface area contributed by atoms with E-state index in [9.17, 15) is 28.5 Å². The number of aliphatic hydroxyl groups is 3. The highest BCUT2D eigenvalue weighted by molar-refractivity contribution is 7.80. The van der Waals surface area contributed by atoms with E-state index in [1.165, 1.54) is 57.8 Å². The Kier molecular flexibility index (Phi) is 34.4. The fourth-order valence-corrected chi connectivity index (χ4v) is 7.00. The summed E-state index contributed by atoms with van der Waals surface area (Å²) >= 11 is 0. The van der Waals surface area contributed by atoms with Gasteiger partial charge in [0.15, 0.2) is 6.29 Å². The van der Waals surface area contributed by atoms with E-state index in [0.29, 0.717) is 13.0 Å². The molecule has 4 N–H and O–H groups in total. The zero-order chi connectivity index (χ0) is 42.5. The maximum Gasteiger partial charge on any atom is 0.397 e. The summed E-state index contributed by atoms with van der Waals surface area (Å²) in [6.07, 6.45) is 34.2. The van der Waals surface area contributed by atoms with Gasteiger partial charge in [-0.25, -0.2) is 4.18 Å². The van der Waals surface area contributed by atoms with Gasteiger partial charge in [0.1, 0.15) is 30.5 Å². The van der Waals surface area contributed by atoms with E-state index in [1.807, 2.05) is 0 Å². The fourth-order valence-electron chi connectivity index (χ4n) is 6.50. The molecule has 0 aromatic heterocycles. The number of hydrogen-bond acceptors (Lipinski definition) is 11. The molecule has 0 radical (unpaired) electrons. The average Bonchev–Trinajstić information content (AvgIpc) is 3.19. The SMILES string of the molecule is CCCCC/C=C\C/C=C\CCCCCCCCOCC(COC1OC(CO)C(O)C(OS(=O)(=O)O)C1O)OC(=O)CCCCCCC/C=C\C/C=C\CCCCC. The maximum atomic E-state index is 12.8. The number of unbranched alkanes of at least 4 members (excludes halogenated alkanes) is 17. The first-order valence-corrected chi connectivity index (χ1v) is 23.8. The van der Waals surface area contributed by atoms with Crippen LogP contribution in [0.15, 0.2) is 48.6 Å². The van der Waals surface area contributed by atoms with E-state index >= 15 is 0 Å². The number of hydrogen-bond donors (Lipinski definition) is 4. The van der Waals surface area contributed by atoms with Crippen molar-refractivity contribution in [1.29, 1.82) is 0 Å². The number of esters is 1. The number of carbonyl (C=O) groups excluding carboxylic acids is 1. The lowest BCUT2D eigenvalue weighted by atomic mass is 9.99. The van der Waals surface area contributed by atoms with Crippen LogP contribution in [0.2, 0.25) is 0 Å². The molecule has 12 nitrogen and oxygen atoms in total. The third kappa shape index (κ3) is 30.1. The van der Waals surface area contributed by atoms with Crippen molar-refractivity contribution in [3.05, 3.63) is 48.6 Å². The van der Waals surface area contributed by atoms with Crippen molar-refractivity contribution in [3.8, 4) is 0 Å². The number of carbonyl (C=O) groups is 1. The Morgan fingerprint density at radius 1 is 0.655 bits per heavy atom. The monoisotopic (exact) mass is 845 g/mol. The van der Waals surface area contributed by atoms with E-state index in [4.69, 9.17) is 23.5 Å². The molecule has 1 aliphatic rings. The molecule has 0 spiro atoms. The number of ether oxygens (including phenoxy) is 4. The summed E-state index contributed by atoms with van der Waals surface area (Å²) in [7, 11) is -5.07. The van der Waals surface area contributed by atoms with Gasteiger partial charge in [-0.15, -0.1) is 0 Å². The minimum absolute atomic E-state index is 0.0218. The van der Waals surface area contributed by atoms with Gasteiger partial charge < -0.3 is 34.3 Å². The highest BCUT2D eigenvalue weighted by atomic mass is 32.3. The van der Waals surface area contributed by atoms with E-state index in [-0.39, 0.29) is 19.6 Å². The van der Waals surface area contributed by atoms with Gasteiger partial charge >= 0.3 is 16.4 Å². The Morgan fingerprint density at radius 3 is 1.64 bits per heavy atom. The maximum absolute atomic E-state index is 12.8. The fraction of sp³-hybridized carbons (Fsp3) is 0.800. The van der Waals surface area contributed by atoms with Gasteiger partial charge in [0.05, 0.1) is 19.8 Å². The lowest BCUT2D eigenvalue weighted by Gasteiger charge is -2.41. The normalized spacial score (nSPS) is 21.0. The van der Waals surface area contributed by atoms with Gasteiger partial charge in [-0.2, -0.15) is 8.42 Å². The number of allylic oxidation sites excluding steroid dienone is 8. The zero-order valence-electron chi connectivity index (χ0n) is 35.8. The molecule has 1 rings (SSSR count). The number of rotatable bonds is 38. The van der Waals surface area contributed by atoms with Crippen molar-refractivity contribution in [3.63, 3.8) is 0 Å². The summed E-state index contributed by atoms with van der Waals surface area (Å²) in [5.41, 5.74) is 0. The molecule has 0 amide bonds. The third-order valence-electron chi connectivity index (χ3n) is 9.92. The quantitative estimate of drug-likeness (QED) is 0.0201. The number of aliphatic hydroxyl groups excluding tert-OH is 3. The van der Waals surface area contributed by atoms with Crippen molar-refractivity contribution in [2.24, 2.45) is 0 Å². The van der Waals surface area contributed by atoms with Crippen LogP contribution in [0.5, 0.6) is 0 Å². The summed E-state index contributed by atoms with van der Waals surface area (Å²) in [5.74, 6) is -0.419. The summed E-state index contributed by atoms with van der Waals surface area (Å²) < 4.78 is 59.0. The van der Waals surface area contributed by atoms with Crippen LogP contribution in [0.4, 0.5) is 0 Å². The van der Waals surface area contributed by atoms with Crippen LogP contribution in [0, 0.1) is 0 Å². The second kappa shape index (κ2) is 36.9. The van der Waals surface area contributed by atoms with Gasteiger partial charge in [-0.1, -0.05) is 133 Å². The Labute approximate surface area is 351 Å².